The molecule has 5 heteroatoms. The largest absolute Gasteiger partial charge is 0.456 e. The second-order valence-corrected chi connectivity index (χ2v) is 10.5. The third kappa shape index (κ3) is 3.49. The van der Waals surface area contributed by atoms with E-state index in [2.05, 4.69) is 23.6 Å². The summed E-state index contributed by atoms with van der Waals surface area (Å²) in [5.41, 5.74) is 5.71. The van der Waals surface area contributed by atoms with Crippen LogP contribution >= 0.6 is 0 Å². The van der Waals surface area contributed by atoms with Crippen LogP contribution in [0.4, 0.5) is 17.1 Å². The molecule has 0 unspecified atom stereocenters. The Bertz CT molecular complexity index is 1490. The Kier molecular flexibility index (Phi) is 5.39. The van der Waals surface area contributed by atoms with Gasteiger partial charge in [0.15, 0.2) is 5.60 Å². The van der Waals surface area contributed by atoms with E-state index in [4.69, 9.17) is 9.47 Å². The third-order valence-electron chi connectivity index (χ3n) is 8.09. The maximum atomic E-state index is 14.0. The SMILES string of the molecule is Cc1cc(NC2CCCCC2)c2c(c1Nc1ccccc1)C1(OC2=O)c2ccccc2Oc2ccccc21. The van der Waals surface area contributed by atoms with Crippen molar-refractivity contribution in [1.29, 1.82) is 0 Å². The van der Waals surface area contributed by atoms with Crippen LogP contribution in [0.2, 0.25) is 0 Å². The fourth-order valence-electron chi connectivity index (χ4n) is 6.37. The van der Waals surface area contributed by atoms with E-state index in [-0.39, 0.29) is 5.97 Å². The Morgan fingerprint density at radius 1 is 0.816 bits per heavy atom. The summed E-state index contributed by atoms with van der Waals surface area (Å²) < 4.78 is 12.9. The smallest absolute Gasteiger partial charge is 0.342 e. The fourth-order valence-corrected chi connectivity index (χ4v) is 6.37. The van der Waals surface area contributed by atoms with Crippen molar-refractivity contribution in [3.8, 4) is 11.5 Å². The van der Waals surface area contributed by atoms with E-state index in [1.807, 2.05) is 78.9 Å². The topological polar surface area (TPSA) is 59.6 Å². The number of nitrogens with one attached hydrogen (secondary N) is 2. The van der Waals surface area contributed by atoms with Gasteiger partial charge in [-0.3, -0.25) is 0 Å². The molecule has 0 aromatic heterocycles. The van der Waals surface area contributed by atoms with Gasteiger partial charge in [-0.15, -0.1) is 0 Å². The zero-order valence-electron chi connectivity index (χ0n) is 21.4. The minimum Gasteiger partial charge on any atom is -0.456 e. The Morgan fingerprint density at radius 3 is 2.13 bits per heavy atom. The van der Waals surface area contributed by atoms with Crippen LogP contribution in [0.3, 0.4) is 0 Å². The van der Waals surface area contributed by atoms with Gasteiger partial charge >= 0.3 is 5.97 Å². The highest BCUT2D eigenvalue weighted by atomic mass is 16.6. The van der Waals surface area contributed by atoms with Gasteiger partial charge in [0.1, 0.15) is 11.5 Å². The molecule has 2 aliphatic heterocycles. The summed E-state index contributed by atoms with van der Waals surface area (Å²) in [6.45, 7) is 2.10. The predicted molar refractivity (Wildman–Crippen MR) is 150 cm³/mol. The minimum atomic E-state index is -1.13. The number of hydrogen-bond donors (Lipinski definition) is 2. The molecule has 0 saturated heterocycles. The highest BCUT2D eigenvalue weighted by Gasteiger charge is 2.56. The van der Waals surface area contributed by atoms with Gasteiger partial charge in [-0.2, -0.15) is 0 Å². The highest BCUT2D eigenvalue weighted by molar-refractivity contribution is 6.05. The molecular weight excluding hydrogens is 472 g/mol. The molecule has 3 aliphatic rings. The molecule has 1 spiro atoms. The number of carbonyl (C=O) groups excluding carboxylic acids is 1. The van der Waals surface area contributed by atoms with Crippen LogP contribution in [0.1, 0.15) is 64.7 Å². The van der Waals surface area contributed by atoms with Crippen LogP contribution in [0, 0.1) is 6.92 Å². The van der Waals surface area contributed by atoms with Crippen molar-refractivity contribution >= 4 is 23.0 Å². The summed E-state index contributed by atoms with van der Waals surface area (Å²) in [4.78, 5) is 14.0. The average molecular weight is 503 g/mol. The summed E-state index contributed by atoms with van der Waals surface area (Å²) >= 11 is 0. The van der Waals surface area contributed by atoms with Crippen molar-refractivity contribution < 1.29 is 14.3 Å². The molecular formula is C33H30N2O3. The predicted octanol–water partition coefficient (Wildman–Crippen LogP) is 8.05. The molecule has 2 N–H and O–H groups in total. The van der Waals surface area contributed by atoms with Gasteiger partial charge in [-0.1, -0.05) is 73.9 Å². The Labute approximate surface area is 222 Å². The van der Waals surface area contributed by atoms with Crippen LogP contribution in [0.25, 0.3) is 0 Å². The lowest BCUT2D eigenvalue weighted by atomic mass is 9.76. The van der Waals surface area contributed by atoms with Crippen molar-refractivity contribution in [1.82, 2.24) is 0 Å². The molecule has 190 valence electrons. The van der Waals surface area contributed by atoms with Crippen LogP contribution in [-0.4, -0.2) is 12.0 Å². The second kappa shape index (κ2) is 8.95. The zero-order chi connectivity index (χ0) is 25.7. The summed E-state index contributed by atoms with van der Waals surface area (Å²) in [7, 11) is 0. The molecule has 4 aromatic rings. The molecule has 2 heterocycles. The maximum Gasteiger partial charge on any atom is 0.342 e. The number of esters is 1. The van der Waals surface area contributed by atoms with Crippen LogP contribution in [0.15, 0.2) is 84.9 Å². The summed E-state index contributed by atoms with van der Waals surface area (Å²) in [6, 6.07) is 28.3. The number of carbonyl (C=O) groups is 1. The number of hydrogen-bond acceptors (Lipinski definition) is 5. The zero-order valence-corrected chi connectivity index (χ0v) is 21.4. The van der Waals surface area contributed by atoms with Crippen molar-refractivity contribution in [2.45, 2.75) is 50.7 Å². The summed E-state index contributed by atoms with van der Waals surface area (Å²) in [5, 5.41) is 7.41. The average Bonchev–Trinajstić information content (AvgIpc) is 3.25. The second-order valence-electron chi connectivity index (χ2n) is 10.5. The number of anilines is 3. The Hall–Kier alpha value is -4.25. The number of rotatable bonds is 4. The van der Waals surface area contributed by atoms with E-state index in [1.165, 1.54) is 19.3 Å². The lowest BCUT2D eigenvalue weighted by Crippen LogP contribution is -2.33. The number of fused-ring (bicyclic) bond motifs is 6. The molecule has 38 heavy (non-hydrogen) atoms. The lowest BCUT2D eigenvalue weighted by molar-refractivity contribution is 0.0226. The molecule has 1 fully saturated rings. The van der Waals surface area contributed by atoms with Gasteiger partial charge in [-0.25, -0.2) is 4.79 Å². The number of para-hydroxylation sites is 3. The standard InChI is InChI=1S/C33H30N2O3/c1-21-20-26(34-22-12-4-2-5-13-22)29-30(31(21)35-23-14-6-3-7-15-23)33(38-32(29)36)24-16-8-10-18-27(24)37-28-19-11-9-17-25(28)33/h3,6-11,14-20,22,34-35H,2,4-5,12-13H2,1H3. The first kappa shape index (κ1) is 22.9. The van der Waals surface area contributed by atoms with E-state index in [9.17, 15) is 4.79 Å². The summed E-state index contributed by atoms with van der Waals surface area (Å²) in [5.74, 6) is 1.07. The quantitative estimate of drug-likeness (QED) is 0.277. The van der Waals surface area contributed by atoms with Crippen molar-refractivity contribution in [3.63, 3.8) is 0 Å². The number of aryl methyl sites for hydroxylation is 1. The monoisotopic (exact) mass is 502 g/mol. The van der Waals surface area contributed by atoms with E-state index in [0.717, 1.165) is 52.2 Å². The van der Waals surface area contributed by atoms with Crippen LogP contribution in [0.5, 0.6) is 11.5 Å². The molecule has 0 radical (unpaired) electrons. The first-order valence-electron chi connectivity index (χ1n) is 13.5. The van der Waals surface area contributed by atoms with Crippen molar-refractivity contribution in [2.75, 3.05) is 10.6 Å². The number of benzene rings is 4. The number of ether oxygens (including phenoxy) is 2. The summed E-state index contributed by atoms with van der Waals surface area (Å²) in [6.07, 6.45) is 5.90. The first-order valence-corrected chi connectivity index (χ1v) is 13.5. The van der Waals surface area contributed by atoms with Gasteiger partial charge in [0.05, 0.1) is 11.3 Å². The van der Waals surface area contributed by atoms with E-state index < -0.39 is 5.60 Å². The van der Waals surface area contributed by atoms with Crippen LogP contribution in [-0.2, 0) is 10.3 Å². The third-order valence-corrected chi connectivity index (χ3v) is 8.09. The molecule has 1 saturated carbocycles. The van der Waals surface area contributed by atoms with Crippen molar-refractivity contribution in [2.24, 2.45) is 0 Å². The molecule has 7 rings (SSSR count). The maximum absolute atomic E-state index is 14.0. The van der Waals surface area contributed by atoms with E-state index in [0.29, 0.717) is 23.1 Å². The Balaban J connectivity index is 1.52. The molecule has 0 bridgehead atoms. The normalized spacial score (nSPS) is 17.1. The van der Waals surface area contributed by atoms with E-state index in [1.54, 1.807) is 0 Å². The van der Waals surface area contributed by atoms with Crippen molar-refractivity contribution in [3.05, 3.63) is 113 Å². The van der Waals surface area contributed by atoms with Gasteiger partial charge in [-0.05, 0) is 55.7 Å². The molecule has 4 aromatic carbocycles. The van der Waals surface area contributed by atoms with E-state index >= 15 is 0 Å². The molecule has 0 atom stereocenters. The van der Waals surface area contributed by atoms with Gasteiger partial charge in [0.25, 0.3) is 0 Å². The lowest BCUT2D eigenvalue weighted by Gasteiger charge is -2.37. The first-order chi connectivity index (χ1) is 18.6. The van der Waals surface area contributed by atoms with Crippen LogP contribution < -0.4 is 15.4 Å². The molecule has 0 amide bonds. The van der Waals surface area contributed by atoms with Gasteiger partial charge < -0.3 is 20.1 Å². The minimum absolute atomic E-state index is 0.319. The highest BCUT2D eigenvalue weighted by Crippen LogP contribution is 2.59. The molecule has 1 aliphatic carbocycles. The van der Waals surface area contributed by atoms with Gasteiger partial charge in [0.2, 0.25) is 0 Å². The Morgan fingerprint density at radius 2 is 1.45 bits per heavy atom. The van der Waals surface area contributed by atoms with Gasteiger partial charge in [0, 0.05) is 34.1 Å². The fraction of sp³-hybridized carbons (Fsp3) is 0.242. The molecule has 5 nitrogen and oxygen atoms in total.